The van der Waals surface area contributed by atoms with Gasteiger partial charge in [0.2, 0.25) is 11.9 Å². The zero-order valence-corrected chi connectivity index (χ0v) is 11.0. The zero-order valence-electron chi connectivity index (χ0n) is 11.0. The molecule has 0 atom stereocenters. The summed E-state index contributed by atoms with van der Waals surface area (Å²) in [6.45, 7) is 2.49. The second-order valence-electron chi connectivity index (χ2n) is 4.37. The van der Waals surface area contributed by atoms with Crippen LogP contribution in [-0.2, 0) is 9.53 Å². The number of morpholine rings is 1. The van der Waals surface area contributed by atoms with Crippen molar-refractivity contribution >= 4 is 11.8 Å². The summed E-state index contributed by atoms with van der Waals surface area (Å²) in [7, 11) is 0. The second kappa shape index (κ2) is 6.95. The van der Waals surface area contributed by atoms with Crippen LogP contribution in [0.3, 0.4) is 0 Å². The first-order valence-corrected chi connectivity index (χ1v) is 6.42. The number of hydrogen-bond acceptors (Lipinski definition) is 4. The van der Waals surface area contributed by atoms with Gasteiger partial charge in [0.15, 0.2) is 0 Å². The highest BCUT2D eigenvalue weighted by Gasteiger charge is 2.16. The van der Waals surface area contributed by atoms with Crippen LogP contribution in [0.4, 0.5) is 4.39 Å². The molecule has 0 aromatic carbocycles. The second-order valence-corrected chi connectivity index (χ2v) is 4.37. The number of halogens is 1. The van der Waals surface area contributed by atoms with E-state index in [1.54, 1.807) is 4.90 Å². The molecule has 20 heavy (non-hydrogen) atoms. The SMILES string of the molecule is O=C(NCCC(=O)N1CCOCC1)c1ccnc(F)c1. The largest absolute Gasteiger partial charge is 0.378 e. The summed E-state index contributed by atoms with van der Waals surface area (Å²) < 4.78 is 18.0. The van der Waals surface area contributed by atoms with Crippen LogP contribution in [0, 0.1) is 5.95 Å². The van der Waals surface area contributed by atoms with E-state index in [-0.39, 0.29) is 24.4 Å². The first kappa shape index (κ1) is 14.4. The topological polar surface area (TPSA) is 71.5 Å². The molecule has 2 rings (SSSR count). The molecular formula is C13H16FN3O3. The van der Waals surface area contributed by atoms with Gasteiger partial charge in [-0.2, -0.15) is 4.39 Å². The molecule has 2 amide bonds. The first-order valence-electron chi connectivity index (χ1n) is 6.42. The lowest BCUT2D eigenvalue weighted by atomic mass is 10.2. The van der Waals surface area contributed by atoms with Crippen molar-refractivity contribution in [1.82, 2.24) is 15.2 Å². The van der Waals surface area contributed by atoms with E-state index in [0.29, 0.717) is 26.3 Å². The average molecular weight is 281 g/mol. The number of nitrogens with zero attached hydrogens (tertiary/aromatic N) is 2. The Morgan fingerprint density at radius 2 is 2.15 bits per heavy atom. The van der Waals surface area contributed by atoms with E-state index >= 15 is 0 Å². The summed E-state index contributed by atoms with van der Waals surface area (Å²) in [5.74, 6) is -1.14. The van der Waals surface area contributed by atoms with Gasteiger partial charge in [-0.05, 0) is 6.07 Å². The Morgan fingerprint density at radius 3 is 2.85 bits per heavy atom. The van der Waals surface area contributed by atoms with Crippen LogP contribution in [0.1, 0.15) is 16.8 Å². The number of carbonyl (C=O) groups excluding carboxylic acids is 2. The van der Waals surface area contributed by atoms with Gasteiger partial charge in [0.25, 0.3) is 5.91 Å². The van der Waals surface area contributed by atoms with Crippen molar-refractivity contribution in [2.75, 3.05) is 32.8 Å². The van der Waals surface area contributed by atoms with Gasteiger partial charge in [0.1, 0.15) is 0 Å². The van der Waals surface area contributed by atoms with Gasteiger partial charge in [-0.25, -0.2) is 4.98 Å². The van der Waals surface area contributed by atoms with Crippen molar-refractivity contribution in [1.29, 1.82) is 0 Å². The molecule has 1 fully saturated rings. The summed E-state index contributed by atoms with van der Waals surface area (Å²) >= 11 is 0. The minimum absolute atomic E-state index is 0.0190. The number of carbonyl (C=O) groups is 2. The average Bonchev–Trinajstić information content (AvgIpc) is 2.48. The highest BCUT2D eigenvalue weighted by molar-refractivity contribution is 5.94. The van der Waals surface area contributed by atoms with Crippen LogP contribution in [0.2, 0.25) is 0 Å². The highest BCUT2D eigenvalue weighted by Crippen LogP contribution is 2.02. The number of amides is 2. The Balaban J connectivity index is 1.75. The smallest absolute Gasteiger partial charge is 0.251 e. The minimum atomic E-state index is -0.706. The van der Waals surface area contributed by atoms with E-state index in [2.05, 4.69) is 10.3 Å². The van der Waals surface area contributed by atoms with Crippen molar-refractivity contribution in [3.8, 4) is 0 Å². The summed E-state index contributed by atoms with van der Waals surface area (Å²) in [4.78, 5) is 28.6. The maximum atomic E-state index is 12.9. The van der Waals surface area contributed by atoms with Gasteiger partial charge in [0.05, 0.1) is 13.2 Å². The van der Waals surface area contributed by atoms with E-state index < -0.39 is 11.9 Å². The Kier molecular flexibility index (Phi) is 5.00. The molecule has 0 spiro atoms. The van der Waals surface area contributed by atoms with E-state index in [4.69, 9.17) is 4.74 Å². The number of pyridine rings is 1. The van der Waals surface area contributed by atoms with Gasteiger partial charge in [0, 0.05) is 43.9 Å². The number of rotatable bonds is 4. The summed E-state index contributed by atoms with van der Waals surface area (Å²) in [5.41, 5.74) is 0.191. The summed E-state index contributed by atoms with van der Waals surface area (Å²) in [6.07, 6.45) is 1.45. The molecule has 1 aliphatic rings. The molecule has 0 saturated carbocycles. The van der Waals surface area contributed by atoms with E-state index in [1.165, 1.54) is 12.3 Å². The van der Waals surface area contributed by atoms with Crippen molar-refractivity contribution in [3.63, 3.8) is 0 Å². The van der Waals surface area contributed by atoms with Gasteiger partial charge in [-0.15, -0.1) is 0 Å². The predicted molar refractivity (Wildman–Crippen MR) is 68.5 cm³/mol. The Morgan fingerprint density at radius 1 is 1.40 bits per heavy atom. The van der Waals surface area contributed by atoms with Crippen molar-refractivity contribution < 1.29 is 18.7 Å². The van der Waals surface area contributed by atoms with Gasteiger partial charge < -0.3 is 15.0 Å². The fraction of sp³-hybridized carbons (Fsp3) is 0.462. The number of aromatic nitrogens is 1. The summed E-state index contributed by atoms with van der Waals surface area (Å²) in [5, 5.41) is 2.58. The third-order valence-electron chi connectivity index (χ3n) is 2.98. The van der Waals surface area contributed by atoms with E-state index in [9.17, 15) is 14.0 Å². The molecular weight excluding hydrogens is 265 g/mol. The molecule has 108 valence electrons. The summed E-state index contributed by atoms with van der Waals surface area (Å²) in [6, 6.07) is 2.47. The molecule has 0 bridgehead atoms. The highest BCUT2D eigenvalue weighted by atomic mass is 19.1. The van der Waals surface area contributed by atoms with Crippen LogP contribution in [-0.4, -0.2) is 54.5 Å². The molecule has 1 saturated heterocycles. The monoisotopic (exact) mass is 281 g/mol. The van der Waals surface area contributed by atoms with E-state index in [0.717, 1.165) is 6.07 Å². The maximum absolute atomic E-state index is 12.9. The van der Waals surface area contributed by atoms with Gasteiger partial charge >= 0.3 is 0 Å². The van der Waals surface area contributed by atoms with Crippen LogP contribution in [0.5, 0.6) is 0 Å². The molecule has 0 unspecified atom stereocenters. The number of nitrogens with one attached hydrogen (secondary N) is 1. The normalized spacial score (nSPS) is 14.9. The molecule has 1 aliphatic heterocycles. The fourth-order valence-electron chi connectivity index (χ4n) is 1.90. The molecule has 1 aromatic heterocycles. The van der Waals surface area contributed by atoms with Gasteiger partial charge in [-0.3, -0.25) is 9.59 Å². The molecule has 7 heteroatoms. The van der Waals surface area contributed by atoms with Crippen LogP contribution >= 0.6 is 0 Å². The molecule has 6 nitrogen and oxygen atoms in total. The molecule has 0 radical (unpaired) electrons. The Bertz CT molecular complexity index is 490. The Hall–Kier alpha value is -2.02. The third-order valence-corrected chi connectivity index (χ3v) is 2.98. The predicted octanol–water partition coefficient (Wildman–Crippen LogP) is 0.199. The molecule has 2 heterocycles. The third kappa shape index (κ3) is 3.99. The van der Waals surface area contributed by atoms with Crippen molar-refractivity contribution in [2.45, 2.75) is 6.42 Å². The molecule has 0 aliphatic carbocycles. The number of ether oxygens (including phenoxy) is 1. The van der Waals surface area contributed by atoms with Crippen molar-refractivity contribution in [3.05, 3.63) is 29.8 Å². The van der Waals surface area contributed by atoms with Gasteiger partial charge in [-0.1, -0.05) is 0 Å². The molecule has 1 N–H and O–H groups in total. The lowest BCUT2D eigenvalue weighted by molar-refractivity contribution is -0.135. The maximum Gasteiger partial charge on any atom is 0.251 e. The van der Waals surface area contributed by atoms with Crippen LogP contribution < -0.4 is 5.32 Å². The zero-order chi connectivity index (χ0) is 14.4. The van der Waals surface area contributed by atoms with E-state index in [1.807, 2.05) is 0 Å². The standard InChI is InChI=1S/C13H16FN3O3/c14-11-9-10(1-3-15-11)13(19)16-4-2-12(18)17-5-7-20-8-6-17/h1,3,9H,2,4-8H2,(H,16,19). The lowest BCUT2D eigenvalue weighted by Crippen LogP contribution is -2.42. The number of hydrogen-bond donors (Lipinski definition) is 1. The quantitative estimate of drug-likeness (QED) is 0.800. The lowest BCUT2D eigenvalue weighted by Gasteiger charge is -2.26. The first-order chi connectivity index (χ1) is 9.66. The fourth-order valence-corrected chi connectivity index (χ4v) is 1.90. The van der Waals surface area contributed by atoms with Crippen LogP contribution in [0.25, 0.3) is 0 Å². The minimum Gasteiger partial charge on any atom is -0.378 e. The molecule has 1 aromatic rings. The van der Waals surface area contributed by atoms with Crippen molar-refractivity contribution in [2.24, 2.45) is 0 Å². The van der Waals surface area contributed by atoms with Crippen LogP contribution in [0.15, 0.2) is 18.3 Å². The Labute approximate surface area is 115 Å².